The zero-order valence-electron chi connectivity index (χ0n) is 11.2. The van der Waals surface area contributed by atoms with Crippen LogP contribution in [0.25, 0.3) is 17.0 Å². The molecule has 0 amide bonds. The molecule has 0 radical (unpaired) electrons. The normalized spacial score (nSPS) is 12.8. The van der Waals surface area contributed by atoms with E-state index in [0.29, 0.717) is 6.20 Å². The summed E-state index contributed by atoms with van der Waals surface area (Å²) in [6, 6.07) is 3.70. The van der Waals surface area contributed by atoms with E-state index in [4.69, 9.17) is 0 Å². The maximum Gasteiger partial charge on any atom is 0.417 e. The van der Waals surface area contributed by atoms with Crippen molar-refractivity contribution >= 4 is 5.65 Å². The topological polar surface area (TPSA) is 30.2 Å². The molecule has 3 nitrogen and oxygen atoms in total. The summed E-state index contributed by atoms with van der Waals surface area (Å²) in [5.41, 5.74) is -1.43. The molecule has 9 heteroatoms. The number of imidazole rings is 1. The number of nitrogens with zero attached hydrogens (tertiary/aromatic N) is 3. The van der Waals surface area contributed by atoms with Crippen molar-refractivity contribution in [3.8, 4) is 11.4 Å². The molecule has 120 valence electrons. The van der Waals surface area contributed by atoms with Gasteiger partial charge in [-0.25, -0.2) is 4.98 Å². The molecular formula is C14H7F6N3. The Hall–Kier alpha value is -2.58. The molecule has 0 spiro atoms. The molecule has 3 aromatic heterocycles. The molecular weight excluding hydrogens is 324 g/mol. The van der Waals surface area contributed by atoms with Crippen LogP contribution in [-0.2, 0) is 12.4 Å². The lowest BCUT2D eigenvalue weighted by Crippen LogP contribution is -2.05. The van der Waals surface area contributed by atoms with E-state index in [-0.39, 0.29) is 17.0 Å². The Morgan fingerprint density at radius 1 is 0.826 bits per heavy atom. The van der Waals surface area contributed by atoms with E-state index in [9.17, 15) is 26.3 Å². The van der Waals surface area contributed by atoms with Crippen molar-refractivity contribution in [3.05, 3.63) is 54.0 Å². The molecule has 0 saturated heterocycles. The van der Waals surface area contributed by atoms with E-state index in [1.165, 1.54) is 16.8 Å². The highest BCUT2D eigenvalue weighted by Crippen LogP contribution is 2.31. The number of alkyl halides is 6. The molecule has 0 N–H and O–H groups in total. The monoisotopic (exact) mass is 331 g/mol. The van der Waals surface area contributed by atoms with Gasteiger partial charge in [-0.2, -0.15) is 26.3 Å². The zero-order chi connectivity index (χ0) is 16.8. The van der Waals surface area contributed by atoms with Gasteiger partial charge in [-0.05, 0) is 24.3 Å². The Kier molecular flexibility index (Phi) is 3.31. The van der Waals surface area contributed by atoms with Gasteiger partial charge in [-0.15, -0.1) is 0 Å². The first kappa shape index (κ1) is 15.3. The summed E-state index contributed by atoms with van der Waals surface area (Å²) in [5.74, 6) is 0. The lowest BCUT2D eigenvalue weighted by molar-refractivity contribution is -0.138. The summed E-state index contributed by atoms with van der Waals surface area (Å²) in [6.07, 6.45) is -5.78. The summed E-state index contributed by atoms with van der Waals surface area (Å²) in [6.45, 7) is 0. The maximum atomic E-state index is 12.6. The molecule has 0 saturated carbocycles. The van der Waals surface area contributed by atoms with Crippen molar-refractivity contribution in [2.75, 3.05) is 0 Å². The predicted molar refractivity (Wildman–Crippen MR) is 68.4 cm³/mol. The standard InChI is InChI=1S/C14H7F6N3/c15-13(16,17)8-3-4-23-7-11(22-12(23)5-8)10-2-1-9(6-21-10)14(18,19)20/h1-7H. The van der Waals surface area contributed by atoms with Crippen LogP contribution in [0.4, 0.5) is 26.3 Å². The molecule has 3 aromatic rings. The fourth-order valence-electron chi connectivity index (χ4n) is 1.99. The largest absolute Gasteiger partial charge is 0.417 e. The number of rotatable bonds is 1. The lowest BCUT2D eigenvalue weighted by Gasteiger charge is -2.05. The number of pyridine rings is 2. The summed E-state index contributed by atoms with van der Waals surface area (Å²) >= 11 is 0. The molecule has 0 aromatic carbocycles. The zero-order valence-corrected chi connectivity index (χ0v) is 11.2. The Morgan fingerprint density at radius 2 is 1.52 bits per heavy atom. The second-order valence-electron chi connectivity index (χ2n) is 4.73. The van der Waals surface area contributed by atoms with Crippen molar-refractivity contribution < 1.29 is 26.3 Å². The van der Waals surface area contributed by atoms with Gasteiger partial charge in [-0.1, -0.05) is 0 Å². The first-order valence-corrected chi connectivity index (χ1v) is 6.24. The Bertz CT molecular complexity index is 846. The van der Waals surface area contributed by atoms with Crippen LogP contribution in [0.5, 0.6) is 0 Å². The van der Waals surface area contributed by atoms with E-state index < -0.39 is 23.5 Å². The Morgan fingerprint density at radius 3 is 2.09 bits per heavy atom. The van der Waals surface area contributed by atoms with E-state index in [1.54, 1.807) is 0 Å². The molecule has 0 atom stereocenters. The SMILES string of the molecule is FC(F)(F)c1ccc(-c2cn3ccc(C(F)(F)F)cc3n2)nc1. The Balaban J connectivity index is 2.00. The van der Waals surface area contributed by atoms with E-state index in [2.05, 4.69) is 9.97 Å². The molecule has 0 bridgehead atoms. The van der Waals surface area contributed by atoms with Crippen LogP contribution in [0.2, 0.25) is 0 Å². The summed E-state index contributed by atoms with van der Waals surface area (Å²) < 4.78 is 76.7. The van der Waals surface area contributed by atoms with Gasteiger partial charge in [0.25, 0.3) is 0 Å². The number of hydrogen-bond donors (Lipinski definition) is 0. The predicted octanol–water partition coefficient (Wildman–Crippen LogP) is 4.43. The first-order valence-electron chi connectivity index (χ1n) is 6.24. The van der Waals surface area contributed by atoms with Crippen molar-refractivity contribution in [1.82, 2.24) is 14.4 Å². The third kappa shape index (κ3) is 2.99. The van der Waals surface area contributed by atoms with Gasteiger partial charge >= 0.3 is 12.4 Å². The van der Waals surface area contributed by atoms with Crippen LogP contribution in [0.15, 0.2) is 42.9 Å². The summed E-state index contributed by atoms with van der Waals surface area (Å²) in [7, 11) is 0. The maximum absolute atomic E-state index is 12.6. The van der Waals surface area contributed by atoms with Gasteiger partial charge in [0.1, 0.15) is 11.3 Å². The number of hydrogen-bond acceptors (Lipinski definition) is 2. The number of fused-ring (bicyclic) bond motifs is 1. The van der Waals surface area contributed by atoms with E-state index >= 15 is 0 Å². The highest BCUT2D eigenvalue weighted by molar-refractivity contribution is 5.59. The van der Waals surface area contributed by atoms with Crippen LogP contribution in [0.1, 0.15) is 11.1 Å². The second-order valence-corrected chi connectivity index (χ2v) is 4.73. The summed E-state index contributed by atoms with van der Waals surface area (Å²) in [4.78, 5) is 7.63. The fraction of sp³-hybridized carbons (Fsp3) is 0.143. The highest BCUT2D eigenvalue weighted by Gasteiger charge is 2.31. The third-order valence-corrected chi connectivity index (χ3v) is 3.14. The minimum atomic E-state index is -4.51. The second kappa shape index (κ2) is 4.97. The molecule has 23 heavy (non-hydrogen) atoms. The minimum Gasteiger partial charge on any atom is -0.306 e. The van der Waals surface area contributed by atoms with Crippen LogP contribution in [0, 0.1) is 0 Å². The van der Waals surface area contributed by atoms with Gasteiger partial charge in [0, 0.05) is 18.6 Å². The van der Waals surface area contributed by atoms with Crippen LogP contribution >= 0.6 is 0 Å². The van der Waals surface area contributed by atoms with Crippen LogP contribution < -0.4 is 0 Å². The van der Waals surface area contributed by atoms with Gasteiger partial charge in [0.05, 0.1) is 16.8 Å². The number of aromatic nitrogens is 3. The van der Waals surface area contributed by atoms with Crippen molar-refractivity contribution in [2.24, 2.45) is 0 Å². The molecule has 3 heterocycles. The van der Waals surface area contributed by atoms with E-state index in [1.807, 2.05) is 0 Å². The van der Waals surface area contributed by atoms with Gasteiger partial charge in [0.2, 0.25) is 0 Å². The van der Waals surface area contributed by atoms with Crippen molar-refractivity contribution in [3.63, 3.8) is 0 Å². The fourth-order valence-corrected chi connectivity index (χ4v) is 1.99. The van der Waals surface area contributed by atoms with Gasteiger partial charge < -0.3 is 4.40 Å². The first-order chi connectivity index (χ1) is 10.6. The molecule has 0 aliphatic carbocycles. The van der Waals surface area contributed by atoms with Crippen molar-refractivity contribution in [2.45, 2.75) is 12.4 Å². The molecule has 0 aliphatic rings. The summed E-state index contributed by atoms with van der Waals surface area (Å²) in [5, 5.41) is 0. The molecule has 3 rings (SSSR count). The third-order valence-electron chi connectivity index (χ3n) is 3.14. The quantitative estimate of drug-likeness (QED) is 0.617. The molecule has 0 unspecified atom stereocenters. The minimum absolute atomic E-state index is 0.0246. The van der Waals surface area contributed by atoms with Crippen LogP contribution in [-0.4, -0.2) is 14.4 Å². The molecule has 0 aliphatic heterocycles. The lowest BCUT2D eigenvalue weighted by atomic mass is 10.2. The average Bonchev–Trinajstić information content (AvgIpc) is 2.88. The van der Waals surface area contributed by atoms with Crippen LogP contribution in [0.3, 0.4) is 0 Å². The van der Waals surface area contributed by atoms with E-state index in [0.717, 1.165) is 24.3 Å². The highest BCUT2D eigenvalue weighted by atomic mass is 19.4. The van der Waals surface area contributed by atoms with Crippen molar-refractivity contribution in [1.29, 1.82) is 0 Å². The smallest absolute Gasteiger partial charge is 0.306 e. The number of halogens is 6. The van der Waals surface area contributed by atoms with Gasteiger partial charge in [-0.3, -0.25) is 4.98 Å². The Labute approximate surface area is 125 Å². The van der Waals surface area contributed by atoms with Gasteiger partial charge in [0.15, 0.2) is 0 Å². The molecule has 0 fully saturated rings. The average molecular weight is 331 g/mol.